The zero-order chi connectivity index (χ0) is 21.1. The van der Waals surface area contributed by atoms with Crippen LogP contribution in [0.25, 0.3) is 11.1 Å². The molecule has 1 aliphatic carbocycles. The summed E-state index contributed by atoms with van der Waals surface area (Å²) in [6, 6.07) is 21.4. The van der Waals surface area contributed by atoms with E-state index >= 15 is 0 Å². The predicted octanol–water partition coefficient (Wildman–Crippen LogP) is 3.76. The van der Waals surface area contributed by atoms with Gasteiger partial charge in [0.2, 0.25) is 0 Å². The quantitative estimate of drug-likeness (QED) is 0.581. The number of halogens is 1. The molecule has 2 unspecified atom stereocenters. The van der Waals surface area contributed by atoms with E-state index in [1.165, 1.54) is 18.2 Å². The third-order valence-electron chi connectivity index (χ3n) is 5.35. The Bertz CT molecular complexity index is 1010. The number of carbonyl (C=O) groups excluding carboxylic acids is 1. The van der Waals surface area contributed by atoms with Gasteiger partial charge in [-0.15, -0.1) is 0 Å². The molecule has 0 saturated heterocycles. The van der Waals surface area contributed by atoms with Crippen LogP contribution in [0, 0.1) is 5.82 Å². The average Bonchev–Trinajstić information content (AvgIpc) is 3.09. The molecule has 0 radical (unpaired) electrons. The highest BCUT2D eigenvalue weighted by Gasteiger charge is 2.29. The number of benzene rings is 3. The van der Waals surface area contributed by atoms with Gasteiger partial charge >= 0.3 is 6.09 Å². The van der Waals surface area contributed by atoms with Gasteiger partial charge in [-0.1, -0.05) is 60.7 Å². The van der Waals surface area contributed by atoms with Gasteiger partial charge in [0, 0.05) is 12.5 Å². The maximum atomic E-state index is 13.3. The van der Waals surface area contributed by atoms with Gasteiger partial charge in [-0.05, 0) is 39.9 Å². The summed E-state index contributed by atoms with van der Waals surface area (Å²) in [5.41, 5.74) is 4.71. The standard InChI is InChI=1S/C24H22FNO4/c25-16-7-5-6-15(12-16)23(28)22(27)13-26-24(29)30-14-21-19-10-3-1-8-17(19)18-9-2-4-11-20(18)21/h1-12,21-23,27-28H,13-14H2,(H,26,29). The number of aliphatic hydroxyl groups excluding tert-OH is 2. The molecule has 6 heteroatoms. The van der Waals surface area contributed by atoms with Crippen LogP contribution in [0.1, 0.15) is 28.7 Å². The average molecular weight is 407 g/mol. The molecule has 3 aromatic rings. The van der Waals surface area contributed by atoms with Crippen molar-refractivity contribution in [1.29, 1.82) is 0 Å². The van der Waals surface area contributed by atoms with E-state index in [-0.39, 0.29) is 24.6 Å². The fourth-order valence-electron chi connectivity index (χ4n) is 3.86. The Balaban J connectivity index is 1.34. The molecule has 0 saturated carbocycles. The van der Waals surface area contributed by atoms with Crippen molar-refractivity contribution < 1.29 is 24.1 Å². The Hall–Kier alpha value is -3.22. The molecule has 3 aromatic carbocycles. The summed E-state index contributed by atoms with van der Waals surface area (Å²) in [4.78, 5) is 12.2. The van der Waals surface area contributed by atoms with Gasteiger partial charge in [0.15, 0.2) is 0 Å². The third-order valence-corrected chi connectivity index (χ3v) is 5.35. The van der Waals surface area contributed by atoms with Gasteiger partial charge < -0.3 is 20.3 Å². The van der Waals surface area contributed by atoms with Crippen LogP contribution in [0.5, 0.6) is 0 Å². The van der Waals surface area contributed by atoms with Gasteiger partial charge in [0.1, 0.15) is 24.6 Å². The molecular formula is C24H22FNO4. The Kier molecular flexibility index (Phi) is 5.79. The number of rotatable bonds is 6. The van der Waals surface area contributed by atoms with Crippen LogP contribution in [0.2, 0.25) is 0 Å². The lowest BCUT2D eigenvalue weighted by molar-refractivity contribution is 0.0184. The van der Waals surface area contributed by atoms with E-state index in [2.05, 4.69) is 17.4 Å². The second-order valence-electron chi connectivity index (χ2n) is 7.27. The van der Waals surface area contributed by atoms with Gasteiger partial charge in [0.05, 0.1) is 0 Å². The molecule has 0 aliphatic heterocycles. The third kappa shape index (κ3) is 4.06. The minimum absolute atomic E-state index is 0.0639. The fraction of sp³-hybridized carbons (Fsp3) is 0.208. The van der Waals surface area contributed by atoms with E-state index in [9.17, 15) is 19.4 Å². The first-order valence-corrected chi connectivity index (χ1v) is 9.75. The molecule has 0 bridgehead atoms. The van der Waals surface area contributed by atoms with E-state index in [0.717, 1.165) is 28.3 Å². The Morgan fingerprint density at radius 2 is 1.60 bits per heavy atom. The number of hydrogen-bond acceptors (Lipinski definition) is 4. The van der Waals surface area contributed by atoms with Crippen LogP contribution < -0.4 is 5.32 Å². The normalized spacial score (nSPS) is 14.5. The SMILES string of the molecule is O=C(NCC(O)C(O)c1cccc(F)c1)OCC1c2ccccc2-c2ccccc21. The first-order chi connectivity index (χ1) is 14.5. The minimum atomic E-state index is -1.32. The number of alkyl carbamates (subject to hydrolysis) is 1. The van der Waals surface area contributed by atoms with Crippen LogP contribution in [0.4, 0.5) is 9.18 Å². The number of hydrogen-bond donors (Lipinski definition) is 3. The zero-order valence-corrected chi connectivity index (χ0v) is 16.2. The maximum absolute atomic E-state index is 13.3. The summed E-state index contributed by atoms with van der Waals surface area (Å²) < 4.78 is 18.7. The molecule has 0 heterocycles. The highest BCUT2D eigenvalue weighted by atomic mass is 19.1. The minimum Gasteiger partial charge on any atom is -0.449 e. The largest absolute Gasteiger partial charge is 0.449 e. The molecule has 5 nitrogen and oxygen atoms in total. The monoisotopic (exact) mass is 407 g/mol. The first-order valence-electron chi connectivity index (χ1n) is 9.75. The number of fused-ring (bicyclic) bond motifs is 3. The number of aliphatic hydroxyl groups is 2. The Labute approximate surface area is 173 Å². The summed E-state index contributed by atoms with van der Waals surface area (Å²) in [7, 11) is 0. The first kappa shape index (κ1) is 20.1. The van der Waals surface area contributed by atoms with E-state index in [1.807, 2.05) is 36.4 Å². The summed E-state index contributed by atoms with van der Waals surface area (Å²) in [6.45, 7) is -0.0727. The highest BCUT2D eigenvalue weighted by molar-refractivity contribution is 5.79. The molecule has 30 heavy (non-hydrogen) atoms. The van der Waals surface area contributed by atoms with Crippen LogP contribution in [0.3, 0.4) is 0 Å². The predicted molar refractivity (Wildman–Crippen MR) is 110 cm³/mol. The summed E-state index contributed by atoms with van der Waals surface area (Å²) in [6.07, 6.45) is -3.32. The number of carbonyl (C=O) groups is 1. The zero-order valence-electron chi connectivity index (χ0n) is 16.2. The molecule has 1 aliphatic rings. The lowest BCUT2D eigenvalue weighted by Gasteiger charge is -2.19. The molecule has 0 fully saturated rings. The number of nitrogens with one attached hydrogen (secondary N) is 1. The lowest BCUT2D eigenvalue weighted by atomic mass is 9.98. The van der Waals surface area contributed by atoms with Crippen LogP contribution in [-0.4, -0.2) is 35.6 Å². The van der Waals surface area contributed by atoms with Crippen molar-refractivity contribution in [2.75, 3.05) is 13.2 Å². The Morgan fingerprint density at radius 3 is 2.23 bits per heavy atom. The lowest BCUT2D eigenvalue weighted by Crippen LogP contribution is -2.36. The highest BCUT2D eigenvalue weighted by Crippen LogP contribution is 2.44. The second kappa shape index (κ2) is 8.65. The Morgan fingerprint density at radius 1 is 0.967 bits per heavy atom. The maximum Gasteiger partial charge on any atom is 0.407 e. The molecule has 0 spiro atoms. The van der Waals surface area contributed by atoms with E-state index < -0.39 is 24.1 Å². The summed E-state index contributed by atoms with van der Waals surface area (Å²) in [5, 5.41) is 22.7. The number of amides is 1. The van der Waals surface area contributed by atoms with Crippen molar-refractivity contribution in [2.45, 2.75) is 18.1 Å². The van der Waals surface area contributed by atoms with Crippen molar-refractivity contribution in [1.82, 2.24) is 5.32 Å². The van der Waals surface area contributed by atoms with Crippen LogP contribution in [0.15, 0.2) is 72.8 Å². The second-order valence-corrected chi connectivity index (χ2v) is 7.27. The van der Waals surface area contributed by atoms with Crippen LogP contribution in [-0.2, 0) is 4.74 Å². The molecule has 0 aromatic heterocycles. The van der Waals surface area contributed by atoms with Gasteiger partial charge in [-0.2, -0.15) is 0 Å². The van der Waals surface area contributed by atoms with Crippen molar-refractivity contribution in [3.05, 3.63) is 95.3 Å². The summed E-state index contributed by atoms with van der Waals surface area (Å²) >= 11 is 0. The molecule has 1 amide bonds. The molecular weight excluding hydrogens is 385 g/mol. The molecule has 3 N–H and O–H groups in total. The summed E-state index contributed by atoms with van der Waals surface area (Å²) in [5.74, 6) is -0.575. The van der Waals surface area contributed by atoms with Gasteiger partial charge in [0.25, 0.3) is 0 Å². The van der Waals surface area contributed by atoms with E-state index in [0.29, 0.717) is 0 Å². The van der Waals surface area contributed by atoms with Crippen molar-refractivity contribution in [2.24, 2.45) is 0 Å². The fourth-order valence-corrected chi connectivity index (χ4v) is 3.86. The number of ether oxygens (including phenoxy) is 1. The molecule has 2 atom stereocenters. The molecule has 4 rings (SSSR count). The van der Waals surface area contributed by atoms with E-state index in [4.69, 9.17) is 4.74 Å². The topological polar surface area (TPSA) is 78.8 Å². The van der Waals surface area contributed by atoms with Gasteiger partial charge in [-0.25, -0.2) is 9.18 Å². The van der Waals surface area contributed by atoms with Gasteiger partial charge in [-0.3, -0.25) is 0 Å². The van der Waals surface area contributed by atoms with Crippen LogP contribution >= 0.6 is 0 Å². The van der Waals surface area contributed by atoms with Crippen molar-refractivity contribution in [3.8, 4) is 11.1 Å². The molecule has 154 valence electrons. The smallest absolute Gasteiger partial charge is 0.407 e. The van der Waals surface area contributed by atoms with E-state index in [1.54, 1.807) is 0 Å². The van der Waals surface area contributed by atoms with Crippen molar-refractivity contribution >= 4 is 6.09 Å². The van der Waals surface area contributed by atoms with Crippen molar-refractivity contribution in [3.63, 3.8) is 0 Å².